The number of hydrogen-bond donors (Lipinski definition) is 2. The Hall–Kier alpha value is -0.640. The summed E-state index contributed by atoms with van der Waals surface area (Å²) in [6.07, 6.45) is 14.2. The lowest BCUT2D eigenvalue weighted by Crippen LogP contribution is -2.39. The molecule has 0 aliphatic carbocycles. The average molecular weight is 315 g/mol. The van der Waals surface area contributed by atoms with Crippen LogP contribution in [0.25, 0.3) is 0 Å². The second-order valence-corrected chi connectivity index (χ2v) is 6.14. The SMILES string of the molecule is CCCCCCCCCCCC(=O)NC(=S)NCCCC. The van der Waals surface area contributed by atoms with Crippen molar-refractivity contribution in [2.45, 2.75) is 90.9 Å². The van der Waals surface area contributed by atoms with E-state index in [2.05, 4.69) is 24.5 Å². The van der Waals surface area contributed by atoms with Crippen molar-refractivity contribution in [3.05, 3.63) is 0 Å². The third-order valence-electron chi connectivity index (χ3n) is 3.58. The van der Waals surface area contributed by atoms with Gasteiger partial charge in [0, 0.05) is 13.0 Å². The number of thiocarbonyl (C=S) groups is 1. The quantitative estimate of drug-likeness (QED) is 0.382. The first-order chi connectivity index (χ1) is 10.2. The lowest BCUT2D eigenvalue weighted by Gasteiger charge is -2.08. The van der Waals surface area contributed by atoms with Crippen molar-refractivity contribution in [3.63, 3.8) is 0 Å². The minimum atomic E-state index is 0.0481. The van der Waals surface area contributed by atoms with Gasteiger partial charge in [0.05, 0.1) is 0 Å². The van der Waals surface area contributed by atoms with Gasteiger partial charge < -0.3 is 10.6 Å². The third kappa shape index (κ3) is 15.6. The van der Waals surface area contributed by atoms with E-state index >= 15 is 0 Å². The van der Waals surface area contributed by atoms with Crippen LogP contribution in [0.3, 0.4) is 0 Å². The second kappa shape index (κ2) is 15.7. The molecule has 0 fully saturated rings. The van der Waals surface area contributed by atoms with E-state index in [0.717, 1.165) is 32.2 Å². The minimum Gasteiger partial charge on any atom is -0.362 e. The first-order valence-electron chi connectivity index (χ1n) is 8.78. The summed E-state index contributed by atoms with van der Waals surface area (Å²) in [6, 6.07) is 0. The Kier molecular flexibility index (Phi) is 15.3. The summed E-state index contributed by atoms with van der Waals surface area (Å²) in [5.41, 5.74) is 0. The van der Waals surface area contributed by atoms with Gasteiger partial charge in [-0.3, -0.25) is 4.79 Å². The van der Waals surface area contributed by atoms with Crippen molar-refractivity contribution in [2.24, 2.45) is 0 Å². The fourth-order valence-electron chi connectivity index (χ4n) is 2.21. The molecule has 0 atom stereocenters. The highest BCUT2D eigenvalue weighted by molar-refractivity contribution is 7.80. The molecule has 0 heterocycles. The molecule has 0 saturated carbocycles. The highest BCUT2D eigenvalue weighted by Crippen LogP contribution is 2.10. The zero-order valence-electron chi connectivity index (χ0n) is 14.0. The average Bonchev–Trinajstić information content (AvgIpc) is 2.45. The summed E-state index contributed by atoms with van der Waals surface area (Å²) in [5.74, 6) is 0.0481. The molecular weight excluding hydrogens is 280 g/mol. The van der Waals surface area contributed by atoms with Crippen LogP contribution in [0.15, 0.2) is 0 Å². The van der Waals surface area contributed by atoms with Gasteiger partial charge in [-0.05, 0) is 25.1 Å². The molecule has 0 saturated heterocycles. The summed E-state index contributed by atoms with van der Waals surface area (Å²) in [7, 11) is 0. The van der Waals surface area contributed by atoms with Crippen LogP contribution >= 0.6 is 12.2 Å². The molecule has 0 radical (unpaired) electrons. The molecule has 0 unspecified atom stereocenters. The van der Waals surface area contributed by atoms with E-state index in [9.17, 15) is 4.79 Å². The highest BCUT2D eigenvalue weighted by Gasteiger charge is 2.03. The van der Waals surface area contributed by atoms with Gasteiger partial charge in [-0.15, -0.1) is 0 Å². The summed E-state index contributed by atoms with van der Waals surface area (Å²) < 4.78 is 0. The number of unbranched alkanes of at least 4 members (excludes halogenated alkanes) is 9. The van der Waals surface area contributed by atoms with Crippen LogP contribution < -0.4 is 10.6 Å². The van der Waals surface area contributed by atoms with Gasteiger partial charge in [-0.2, -0.15) is 0 Å². The van der Waals surface area contributed by atoms with Crippen LogP contribution in [0, 0.1) is 0 Å². The summed E-state index contributed by atoms with van der Waals surface area (Å²) >= 11 is 5.07. The molecule has 0 aromatic carbocycles. The normalized spacial score (nSPS) is 10.4. The Morgan fingerprint density at radius 2 is 1.33 bits per heavy atom. The molecule has 0 aliphatic rings. The van der Waals surface area contributed by atoms with E-state index in [1.54, 1.807) is 0 Å². The molecule has 0 rings (SSSR count). The maximum atomic E-state index is 11.7. The fourth-order valence-corrected chi connectivity index (χ4v) is 2.42. The fraction of sp³-hybridized carbons (Fsp3) is 0.882. The van der Waals surface area contributed by atoms with E-state index in [1.165, 1.54) is 44.9 Å². The van der Waals surface area contributed by atoms with Crippen molar-refractivity contribution in [2.75, 3.05) is 6.54 Å². The molecule has 124 valence electrons. The number of amides is 1. The van der Waals surface area contributed by atoms with Gasteiger partial charge in [0.1, 0.15) is 0 Å². The lowest BCUT2D eigenvalue weighted by atomic mass is 10.1. The predicted octanol–water partition coefficient (Wildman–Crippen LogP) is 4.70. The summed E-state index contributed by atoms with van der Waals surface area (Å²) in [5, 5.41) is 6.27. The van der Waals surface area contributed by atoms with Crippen LogP contribution in [0.1, 0.15) is 90.9 Å². The Morgan fingerprint density at radius 3 is 1.90 bits per heavy atom. The van der Waals surface area contributed by atoms with Crippen molar-refractivity contribution in [3.8, 4) is 0 Å². The van der Waals surface area contributed by atoms with Crippen LogP contribution in [0.4, 0.5) is 0 Å². The van der Waals surface area contributed by atoms with Crippen molar-refractivity contribution >= 4 is 23.2 Å². The molecule has 3 nitrogen and oxygen atoms in total. The number of nitrogens with one attached hydrogen (secondary N) is 2. The smallest absolute Gasteiger partial charge is 0.226 e. The molecule has 0 aromatic rings. The van der Waals surface area contributed by atoms with Crippen molar-refractivity contribution < 1.29 is 4.79 Å². The Labute approximate surface area is 136 Å². The largest absolute Gasteiger partial charge is 0.362 e. The first-order valence-corrected chi connectivity index (χ1v) is 9.19. The van der Waals surface area contributed by atoms with E-state index in [0.29, 0.717) is 11.5 Å². The zero-order chi connectivity index (χ0) is 15.8. The number of rotatable bonds is 13. The standard InChI is InChI=1S/C17H34N2OS/c1-3-5-7-8-9-10-11-12-13-14-16(20)19-17(21)18-15-6-4-2/h3-15H2,1-2H3,(H2,18,19,20,21). The van der Waals surface area contributed by atoms with E-state index in [-0.39, 0.29) is 5.91 Å². The Balaban J connectivity index is 3.31. The maximum absolute atomic E-state index is 11.7. The highest BCUT2D eigenvalue weighted by atomic mass is 32.1. The molecule has 21 heavy (non-hydrogen) atoms. The van der Waals surface area contributed by atoms with Crippen LogP contribution in [0.2, 0.25) is 0 Å². The third-order valence-corrected chi connectivity index (χ3v) is 3.82. The van der Waals surface area contributed by atoms with Gasteiger partial charge in [-0.1, -0.05) is 71.6 Å². The topological polar surface area (TPSA) is 41.1 Å². The molecule has 0 aromatic heterocycles. The molecule has 4 heteroatoms. The number of carbonyl (C=O) groups is 1. The van der Waals surface area contributed by atoms with Crippen LogP contribution in [-0.4, -0.2) is 17.6 Å². The van der Waals surface area contributed by atoms with Gasteiger partial charge in [-0.25, -0.2) is 0 Å². The maximum Gasteiger partial charge on any atom is 0.226 e. The van der Waals surface area contributed by atoms with E-state index in [1.807, 2.05) is 0 Å². The van der Waals surface area contributed by atoms with Crippen molar-refractivity contribution in [1.82, 2.24) is 10.6 Å². The predicted molar refractivity (Wildman–Crippen MR) is 95.5 cm³/mol. The van der Waals surface area contributed by atoms with E-state index < -0.39 is 0 Å². The molecule has 0 spiro atoms. The zero-order valence-corrected chi connectivity index (χ0v) is 14.8. The Morgan fingerprint density at radius 1 is 0.810 bits per heavy atom. The monoisotopic (exact) mass is 314 g/mol. The minimum absolute atomic E-state index is 0.0481. The van der Waals surface area contributed by atoms with Gasteiger partial charge in [0.2, 0.25) is 5.91 Å². The van der Waals surface area contributed by atoms with Gasteiger partial charge >= 0.3 is 0 Å². The van der Waals surface area contributed by atoms with Crippen LogP contribution in [-0.2, 0) is 4.79 Å². The van der Waals surface area contributed by atoms with Gasteiger partial charge in [0.25, 0.3) is 0 Å². The molecule has 0 aliphatic heterocycles. The molecule has 0 bridgehead atoms. The molecule has 1 amide bonds. The lowest BCUT2D eigenvalue weighted by molar-refractivity contribution is -0.119. The first kappa shape index (κ1) is 20.4. The second-order valence-electron chi connectivity index (χ2n) is 5.74. The van der Waals surface area contributed by atoms with E-state index in [4.69, 9.17) is 12.2 Å². The molecule has 2 N–H and O–H groups in total. The number of carbonyl (C=O) groups excluding carboxylic acids is 1. The summed E-state index contributed by atoms with van der Waals surface area (Å²) in [6.45, 7) is 5.22. The van der Waals surface area contributed by atoms with Crippen molar-refractivity contribution in [1.29, 1.82) is 0 Å². The Bertz CT molecular complexity index is 270. The number of hydrogen-bond acceptors (Lipinski definition) is 2. The molecular formula is C17H34N2OS. The summed E-state index contributed by atoms with van der Waals surface area (Å²) in [4.78, 5) is 11.7. The van der Waals surface area contributed by atoms with Gasteiger partial charge in [0.15, 0.2) is 5.11 Å². The van der Waals surface area contributed by atoms with Crippen LogP contribution in [0.5, 0.6) is 0 Å².